The minimum atomic E-state index is -2.67. The van der Waals surface area contributed by atoms with Crippen molar-refractivity contribution in [1.29, 1.82) is 0 Å². The molecule has 0 aliphatic carbocycles. The molecule has 0 bridgehead atoms. The van der Waals surface area contributed by atoms with E-state index in [9.17, 15) is 8.78 Å². The lowest BCUT2D eigenvalue weighted by molar-refractivity contribution is 0.0708. The van der Waals surface area contributed by atoms with Crippen LogP contribution in [0.2, 0.25) is 0 Å². The van der Waals surface area contributed by atoms with Crippen molar-refractivity contribution in [2.45, 2.75) is 33.4 Å². The van der Waals surface area contributed by atoms with Gasteiger partial charge in [-0.25, -0.2) is 9.67 Å². The van der Waals surface area contributed by atoms with Crippen LogP contribution in [0.3, 0.4) is 0 Å². The zero-order valence-electron chi connectivity index (χ0n) is 15.9. The van der Waals surface area contributed by atoms with Gasteiger partial charge in [0.2, 0.25) is 0 Å². The van der Waals surface area contributed by atoms with Crippen molar-refractivity contribution < 1.29 is 8.78 Å². The first kappa shape index (κ1) is 18.2. The fourth-order valence-corrected chi connectivity index (χ4v) is 3.53. The van der Waals surface area contributed by atoms with Gasteiger partial charge in [-0.2, -0.15) is 13.9 Å². The Balaban J connectivity index is 1.72. The molecule has 2 aromatic heterocycles. The van der Waals surface area contributed by atoms with Gasteiger partial charge in [-0.1, -0.05) is 30.3 Å². The Morgan fingerprint density at radius 3 is 2.36 bits per heavy atom. The standard InChI is InChI=1S/C21H21F2N5/c1-13-19(15(3)28(26-13)16-9-5-4-6-10-16)24-14(2)20-25-17-11-7-8-12-18(17)27(20)21(22)23/h4-12,14,21,24H,1-3H3. The van der Waals surface area contributed by atoms with Crippen LogP contribution in [-0.2, 0) is 0 Å². The summed E-state index contributed by atoms with van der Waals surface area (Å²) in [6.45, 7) is 3.02. The number of halogens is 2. The molecule has 1 unspecified atom stereocenters. The lowest BCUT2D eigenvalue weighted by Gasteiger charge is -2.17. The van der Waals surface area contributed by atoms with Crippen molar-refractivity contribution in [2.24, 2.45) is 0 Å². The first-order chi connectivity index (χ1) is 13.5. The number of hydrogen-bond donors (Lipinski definition) is 1. The highest BCUT2D eigenvalue weighted by atomic mass is 19.3. The predicted octanol–water partition coefficient (Wildman–Crippen LogP) is 5.41. The van der Waals surface area contributed by atoms with Gasteiger partial charge in [0.15, 0.2) is 0 Å². The van der Waals surface area contributed by atoms with Crippen LogP contribution in [0.1, 0.15) is 36.7 Å². The third-order valence-corrected chi connectivity index (χ3v) is 4.86. The number of nitrogens with one attached hydrogen (secondary N) is 1. The minimum absolute atomic E-state index is 0.294. The quantitative estimate of drug-likeness (QED) is 0.503. The molecule has 0 aliphatic heterocycles. The minimum Gasteiger partial charge on any atom is -0.372 e. The first-order valence-corrected chi connectivity index (χ1v) is 9.10. The van der Waals surface area contributed by atoms with Crippen molar-refractivity contribution in [3.63, 3.8) is 0 Å². The molecule has 5 nitrogen and oxygen atoms in total. The lowest BCUT2D eigenvalue weighted by Crippen LogP contribution is -2.15. The van der Waals surface area contributed by atoms with Crippen LogP contribution in [0, 0.1) is 13.8 Å². The third kappa shape index (κ3) is 3.02. The number of benzene rings is 2. The molecular weight excluding hydrogens is 360 g/mol. The van der Waals surface area contributed by atoms with E-state index in [0.29, 0.717) is 16.9 Å². The van der Waals surface area contributed by atoms with Crippen molar-refractivity contribution in [3.8, 4) is 5.69 Å². The number of anilines is 1. The number of imidazole rings is 1. The van der Waals surface area contributed by atoms with Crippen LogP contribution in [0.25, 0.3) is 16.7 Å². The van der Waals surface area contributed by atoms with Gasteiger partial charge in [0.1, 0.15) is 5.82 Å². The Labute approximate surface area is 161 Å². The molecule has 144 valence electrons. The van der Waals surface area contributed by atoms with Crippen LogP contribution in [0.4, 0.5) is 14.5 Å². The number of rotatable bonds is 5. The van der Waals surface area contributed by atoms with Gasteiger partial charge in [-0.3, -0.25) is 4.57 Å². The molecule has 0 radical (unpaired) electrons. The van der Waals surface area contributed by atoms with Crippen molar-refractivity contribution in [3.05, 3.63) is 71.8 Å². The number of aromatic nitrogens is 4. The van der Waals surface area contributed by atoms with Gasteiger partial charge >= 0.3 is 6.55 Å². The molecule has 0 spiro atoms. The molecule has 0 amide bonds. The second-order valence-corrected chi connectivity index (χ2v) is 6.77. The molecule has 0 fully saturated rings. The summed E-state index contributed by atoms with van der Waals surface area (Å²) in [6.07, 6.45) is 0. The Kier molecular flexibility index (Phi) is 4.58. The van der Waals surface area contributed by atoms with E-state index in [1.54, 1.807) is 24.3 Å². The van der Waals surface area contributed by atoms with Gasteiger partial charge in [0.05, 0.1) is 39.8 Å². The summed E-state index contributed by atoms with van der Waals surface area (Å²) in [5.41, 5.74) is 4.46. The van der Waals surface area contributed by atoms with Crippen molar-refractivity contribution >= 4 is 16.7 Å². The van der Waals surface area contributed by atoms with Gasteiger partial charge in [-0.05, 0) is 45.0 Å². The summed E-state index contributed by atoms with van der Waals surface area (Å²) < 4.78 is 30.3. The Morgan fingerprint density at radius 1 is 0.964 bits per heavy atom. The molecule has 0 saturated carbocycles. The van der Waals surface area contributed by atoms with E-state index in [2.05, 4.69) is 15.4 Å². The van der Waals surface area contributed by atoms with Crippen LogP contribution < -0.4 is 5.32 Å². The van der Waals surface area contributed by atoms with E-state index in [1.165, 1.54) is 0 Å². The topological polar surface area (TPSA) is 47.7 Å². The van der Waals surface area contributed by atoms with E-state index in [-0.39, 0.29) is 0 Å². The zero-order valence-corrected chi connectivity index (χ0v) is 15.9. The average molecular weight is 381 g/mol. The molecule has 2 heterocycles. The SMILES string of the molecule is Cc1nn(-c2ccccc2)c(C)c1NC(C)c1nc2ccccc2n1C(F)F. The largest absolute Gasteiger partial charge is 0.372 e. The highest BCUT2D eigenvalue weighted by molar-refractivity contribution is 5.76. The van der Waals surface area contributed by atoms with E-state index in [4.69, 9.17) is 0 Å². The monoisotopic (exact) mass is 381 g/mol. The molecule has 4 rings (SSSR count). The number of aryl methyl sites for hydroxylation is 1. The molecule has 1 N–H and O–H groups in total. The molecular formula is C21H21F2N5. The van der Waals surface area contributed by atoms with E-state index < -0.39 is 12.6 Å². The van der Waals surface area contributed by atoms with Gasteiger partial charge in [0, 0.05) is 0 Å². The van der Waals surface area contributed by atoms with Crippen LogP contribution in [0.5, 0.6) is 0 Å². The van der Waals surface area contributed by atoms with Crippen LogP contribution in [0.15, 0.2) is 54.6 Å². The fourth-order valence-electron chi connectivity index (χ4n) is 3.53. The van der Waals surface area contributed by atoms with Crippen molar-refractivity contribution in [1.82, 2.24) is 19.3 Å². The first-order valence-electron chi connectivity index (χ1n) is 9.10. The zero-order chi connectivity index (χ0) is 19.8. The van der Waals surface area contributed by atoms with Gasteiger partial charge in [0.25, 0.3) is 0 Å². The van der Waals surface area contributed by atoms with Gasteiger partial charge in [-0.15, -0.1) is 0 Å². The van der Waals surface area contributed by atoms with Crippen molar-refractivity contribution in [2.75, 3.05) is 5.32 Å². The Bertz CT molecular complexity index is 1110. The second-order valence-electron chi connectivity index (χ2n) is 6.77. The number of para-hydroxylation sites is 3. The van der Waals surface area contributed by atoms with Gasteiger partial charge < -0.3 is 5.32 Å². The smallest absolute Gasteiger partial charge is 0.320 e. The van der Waals surface area contributed by atoms with Crippen LogP contribution >= 0.6 is 0 Å². The highest BCUT2D eigenvalue weighted by Gasteiger charge is 2.23. The molecule has 28 heavy (non-hydrogen) atoms. The molecule has 4 aromatic rings. The molecule has 7 heteroatoms. The summed E-state index contributed by atoms with van der Waals surface area (Å²) in [4.78, 5) is 4.45. The molecule has 1 atom stereocenters. The maximum absolute atomic E-state index is 13.8. The number of fused-ring (bicyclic) bond motifs is 1. The Hall–Kier alpha value is -3.22. The maximum Gasteiger partial charge on any atom is 0.320 e. The summed E-state index contributed by atoms with van der Waals surface area (Å²) in [5.74, 6) is 0.294. The van der Waals surface area contributed by atoms with E-state index >= 15 is 0 Å². The third-order valence-electron chi connectivity index (χ3n) is 4.86. The highest BCUT2D eigenvalue weighted by Crippen LogP contribution is 2.31. The molecule has 0 aliphatic rings. The summed E-state index contributed by atoms with van der Waals surface area (Å²) in [7, 11) is 0. The fraction of sp³-hybridized carbons (Fsp3) is 0.238. The number of nitrogens with zero attached hydrogens (tertiary/aromatic N) is 4. The molecule has 2 aromatic carbocycles. The predicted molar refractivity (Wildman–Crippen MR) is 106 cm³/mol. The number of alkyl halides is 2. The second kappa shape index (κ2) is 7.07. The summed E-state index contributed by atoms with van der Waals surface area (Å²) in [5, 5.41) is 7.95. The van der Waals surface area contributed by atoms with E-state index in [1.807, 2.05) is 55.8 Å². The van der Waals surface area contributed by atoms with E-state index in [0.717, 1.165) is 27.3 Å². The summed E-state index contributed by atoms with van der Waals surface area (Å²) >= 11 is 0. The average Bonchev–Trinajstić information content (AvgIpc) is 3.22. The maximum atomic E-state index is 13.8. The molecule has 0 saturated heterocycles. The lowest BCUT2D eigenvalue weighted by atomic mass is 10.2. The Morgan fingerprint density at radius 2 is 1.64 bits per heavy atom. The number of hydrogen-bond acceptors (Lipinski definition) is 3. The normalized spacial score (nSPS) is 12.6. The van der Waals surface area contributed by atoms with Crippen LogP contribution in [-0.4, -0.2) is 19.3 Å². The summed E-state index contributed by atoms with van der Waals surface area (Å²) in [6, 6.07) is 16.3.